The van der Waals surface area contributed by atoms with Gasteiger partial charge in [0.15, 0.2) is 0 Å². The number of rotatable bonds is 4. The molecule has 0 fully saturated rings. The molecule has 0 aliphatic carbocycles. The van der Waals surface area contributed by atoms with Crippen molar-refractivity contribution in [2.24, 2.45) is 0 Å². The Morgan fingerprint density at radius 1 is 1.41 bits per heavy atom. The average molecular weight is 274 g/mol. The van der Waals surface area contributed by atoms with Gasteiger partial charge in [-0.2, -0.15) is 0 Å². The SMILES string of the molecule is CS(=O)(=O)NCCc1cn2cc(Cl)ccc2n1. The average Bonchev–Trinajstić information content (AvgIpc) is 2.57. The highest BCUT2D eigenvalue weighted by atomic mass is 35.5. The first kappa shape index (κ1) is 12.3. The summed E-state index contributed by atoms with van der Waals surface area (Å²) in [5.41, 5.74) is 1.62. The Labute approximate surface area is 104 Å². The largest absolute Gasteiger partial charge is 0.305 e. The van der Waals surface area contributed by atoms with Crippen molar-refractivity contribution >= 4 is 27.3 Å². The molecule has 2 aromatic heterocycles. The maximum absolute atomic E-state index is 10.9. The van der Waals surface area contributed by atoms with E-state index in [1.54, 1.807) is 12.3 Å². The van der Waals surface area contributed by atoms with Gasteiger partial charge in [0.1, 0.15) is 5.65 Å². The highest BCUT2D eigenvalue weighted by molar-refractivity contribution is 7.88. The van der Waals surface area contributed by atoms with Crippen LogP contribution in [0.4, 0.5) is 0 Å². The van der Waals surface area contributed by atoms with Gasteiger partial charge in [0.25, 0.3) is 0 Å². The molecule has 92 valence electrons. The molecule has 0 aliphatic heterocycles. The smallest absolute Gasteiger partial charge is 0.208 e. The summed E-state index contributed by atoms with van der Waals surface area (Å²) in [7, 11) is -3.14. The zero-order chi connectivity index (χ0) is 12.5. The first-order valence-electron chi connectivity index (χ1n) is 5.02. The maximum atomic E-state index is 10.9. The predicted octanol–water partition coefficient (Wildman–Crippen LogP) is 1.08. The Balaban J connectivity index is 2.09. The van der Waals surface area contributed by atoms with Crippen LogP contribution in [0.5, 0.6) is 0 Å². The van der Waals surface area contributed by atoms with Gasteiger partial charge in [-0.05, 0) is 12.1 Å². The minimum atomic E-state index is -3.14. The second-order valence-electron chi connectivity index (χ2n) is 3.76. The number of hydrogen-bond donors (Lipinski definition) is 1. The lowest BCUT2D eigenvalue weighted by Crippen LogP contribution is -2.24. The summed E-state index contributed by atoms with van der Waals surface area (Å²) in [4.78, 5) is 4.34. The van der Waals surface area contributed by atoms with Gasteiger partial charge >= 0.3 is 0 Å². The van der Waals surface area contributed by atoms with Crippen LogP contribution >= 0.6 is 11.6 Å². The zero-order valence-corrected chi connectivity index (χ0v) is 10.8. The Morgan fingerprint density at radius 3 is 2.88 bits per heavy atom. The molecule has 0 radical (unpaired) electrons. The zero-order valence-electron chi connectivity index (χ0n) is 9.22. The molecule has 5 nitrogen and oxygen atoms in total. The van der Waals surface area contributed by atoms with Crippen molar-refractivity contribution in [3.05, 3.63) is 35.2 Å². The molecule has 0 spiro atoms. The molecule has 0 bridgehead atoms. The lowest BCUT2D eigenvalue weighted by Gasteiger charge is -1.98. The monoisotopic (exact) mass is 273 g/mol. The normalized spacial score (nSPS) is 12.1. The maximum Gasteiger partial charge on any atom is 0.208 e. The minimum absolute atomic E-state index is 0.344. The first-order valence-corrected chi connectivity index (χ1v) is 7.29. The summed E-state index contributed by atoms with van der Waals surface area (Å²) in [6.07, 6.45) is 5.28. The lowest BCUT2D eigenvalue weighted by molar-refractivity contribution is 0.587. The van der Waals surface area contributed by atoms with Crippen LogP contribution in [0.15, 0.2) is 24.5 Å². The van der Waals surface area contributed by atoms with Crippen LogP contribution in [0.3, 0.4) is 0 Å². The van der Waals surface area contributed by atoms with E-state index in [0.29, 0.717) is 18.0 Å². The summed E-state index contributed by atoms with van der Waals surface area (Å²) in [5.74, 6) is 0. The van der Waals surface area contributed by atoms with Crippen LogP contribution in [0.2, 0.25) is 5.02 Å². The Bertz CT molecular complexity index is 636. The molecule has 0 saturated carbocycles. The number of hydrogen-bond acceptors (Lipinski definition) is 3. The van der Waals surface area contributed by atoms with E-state index in [4.69, 9.17) is 11.6 Å². The Hall–Kier alpha value is -1.11. The van der Waals surface area contributed by atoms with Crippen molar-refractivity contribution in [1.29, 1.82) is 0 Å². The first-order chi connectivity index (χ1) is 7.94. The molecule has 0 atom stereocenters. The third-order valence-electron chi connectivity index (χ3n) is 2.21. The Morgan fingerprint density at radius 2 is 2.18 bits per heavy atom. The fourth-order valence-corrected chi connectivity index (χ4v) is 2.14. The van der Waals surface area contributed by atoms with Crippen molar-refractivity contribution in [2.75, 3.05) is 12.8 Å². The highest BCUT2D eigenvalue weighted by Crippen LogP contribution is 2.11. The predicted molar refractivity (Wildman–Crippen MR) is 66.8 cm³/mol. The third kappa shape index (κ3) is 3.42. The minimum Gasteiger partial charge on any atom is -0.305 e. The number of pyridine rings is 1. The van der Waals surface area contributed by atoms with Crippen molar-refractivity contribution in [1.82, 2.24) is 14.1 Å². The standard InChI is InChI=1S/C10H12ClN3O2S/c1-17(15,16)12-5-4-9-7-14-6-8(11)2-3-10(14)13-9/h2-3,6-7,12H,4-5H2,1H3. The molecule has 0 amide bonds. The molecule has 0 aromatic carbocycles. The molecule has 7 heteroatoms. The molecule has 0 saturated heterocycles. The molecular formula is C10H12ClN3O2S. The van der Waals surface area contributed by atoms with Crippen LogP contribution in [-0.2, 0) is 16.4 Å². The lowest BCUT2D eigenvalue weighted by atomic mass is 10.3. The summed E-state index contributed by atoms with van der Waals surface area (Å²) in [6, 6.07) is 3.58. The van der Waals surface area contributed by atoms with Gasteiger partial charge < -0.3 is 4.40 Å². The molecule has 2 rings (SSSR count). The summed E-state index contributed by atoms with van der Waals surface area (Å²) in [5, 5.41) is 0.635. The van der Waals surface area contributed by atoms with Crippen LogP contribution in [-0.4, -0.2) is 30.6 Å². The van der Waals surface area contributed by atoms with Gasteiger partial charge in [0, 0.05) is 25.4 Å². The second kappa shape index (κ2) is 4.64. The number of fused-ring (bicyclic) bond motifs is 1. The summed E-state index contributed by atoms with van der Waals surface area (Å²) < 4.78 is 26.0. The van der Waals surface area contributed by atoms with Crippen LogP contribution in [0.25, 0.3) is 5.65 Å². The van der Waals surface area contributed by atoms with E-state index >= 15 is 0 Å². The van der Waals surface area contributed by atoms with E-state index in [1.165, 1.54) is 0 Å². The van der Waals surface area contributed by atoms with E-state index in [-0.39, 0.29) is 0 Å². The van der Waals surface area contributed by atoms with Crippen molar-refractivity contribution < 1.29 is 8.42 Å². The molecule has 0 aliphatic rings. The molecule has 2 aromatic rings. The van der Waals surface area contributed by atoms with Gasteiger partial charge in [-0.3, -0.25) is 0 Å². The van der Waals surface area contributed by atoms with E-state index < -0.39 is 10.0 Å². The van der Waals surface area contributed by atoms with E-state index in [9.17, 15) is 8.42 Å². The molecule has 0 unspecified atom stereocenters. The van der Waals surface area contributed by atoms with Gasteiger partial charge in [-0.1, -0.05) is 11.6 Å². The third-order valence-corrected chi connectivity index (χ3v) is 3.16. The van der Waals surface area contributed by atoms with E-state index in [0.717, 1.165) is 17.6 Å². The van der Waals surface area contributed by atoms with Crippen molar-refractivity contribution in [2.45, 2.75) is 6.42 Å². The molecule has 17 heavy (non-hydrogen) atoms. The number of imidazole rings is 1. The Kier molecular flexibility index (Phi) is 3.37. The van der Waals surface area contributed by atoms with Crippen LogP contribution in [0.1, 0.15) is 5.69 Å². The number of aromatic nitrogens is 2. The van der Waals surface area contributed by atoms with Crippen molar-refractivity contribution in [3.63, 3.8) is 0 Å². The van der Waals surface area contributed by atoms with Crippen LogP contribution < -0.4 is 4.72 Å². The summed E-state index contributed by atoms with van der Waals surface area (Å²) >= 11 is 5.85. The fourth-order valence-electron chi connectivity index (χ4n) is 1.50. The van der Waals surface area contributed by atoms with Gasteiger partial charge in [-0.25, -0.2) is 18.1 Å². The van der Waals surface area contributed by atoms with Crippen molar-refractivity contribution in [3.8, 4) is 0 Å². The molecule has 2 heterocycles. The number of nitrogens with zero attached hydrogens (tertiary/aromatic N) is 2. The molecular weight excluding hydrogens is 262 g/mol. The van der Waals surface area contributed by atoms with E-state index in [1.807, 2.05) is 16.7 Å². The van der Waals surface area contributed by atoms with Crippen LogP contribution in [0, 0.1) is 0 Å². The molecule has 1 N–H and O–H groups in total. The number of halogens is 1. The van der Waals surface area contributed by atoms with Gasteiger partial charge in [-0.15, -0.1) is 0 Å². The second-order valence-corrected chi connectivity index (χ2v) is 6.03. The highest BCUT2D eigenvalue weighted by Gasteiger charge is 2.04. The number of sulfonamides is 1. The quantitative estimate of drug-likeness (QED) is 0.907. The fraction of sp³-hybridized carbons (Fsp3) is 0.300. The number of nitrogens with one attached hydrogen (secondary N) is 1. The van der Waals surface area contributed by atoms with Gasteiger partial charge in [0.2, 0.25) is 10.0 Å². The topological polar surface area (TPSA) is 63.5 Å². The summed E-state index contributed by atoms with van der Waals surface area (Å²) in [6.45, 7) is 0.344. The van der Waals surface area contributed by atoms with E-state index in [2.05, 4.69) is 9.71 Å². The van der Waals surface area contributed by atoms with Gasteiger partial charge in [0.05, 0.1) is 17.0 Å².